The van der Waals surface area contributed by atoms with Crippen molar-refractivity contribution in [1.29, 1.82) is 0 Å². The third-order valence-corrected chi connectivity index (χ3v) is 10.1. The summed E-state index contributed by atoms with van der Waals surface area (Å²) in [6.45, 7) is 4.79. The topological polar surface area (TPSA) is 95.9 Å². The Labute approximate surface area is 328 Å². The number of hydrogen-bond donors (Lipinski definition) is 3. The van der Waals surface area contributed by atoms with Crippen molar-refractivity contribution in [1.82, 2.24) is 5.32 Å². The Bertz CT molecular complexity index is 869. The third kappa shape index (κ3) is 39.6. The summed E-state index contributed by atoms with van der Waals surface area (Å²) in [6, 6.07) is -0.637. The van der Waals surface area contributed by atoms with Crippen LogP contribution in [0.3, 0.4) is 0 Å². The van der Waals surface area contributed by atoms with Crippen LogP contribution in [-0.2, 0) is 14.3 Å². The normalized spacial score (nSPS) is 13.1. The van der Waals surface area contributed by atoms with Gasteiger partial charge in [0.2, 0.25) is 5.91 Å². The largest absolute Gasteiger partial charge is 0.466 e. The summed E-state index contributed by atoms with van der Waals surface area (Å²) in [6.07, 6.45) is 49.9. The molecule has 0 heterocycles. The Morgan fingerprint density at radius 3 is 1.38 bits per heavy atom. The first-order valence-corrected chi connectivity index (χ1v) is 22.8. The van der Waals surface area contributed by atoms with Gasteiger partial charge >= 0.3 is 5.97 Å². The first kappa shape index (κ1) is 51.1. The Kier molecular flexibility index (Phi) is 41.3. The summed E-state index contributed by atoms with van der Waals surface area (Å²) in [4.78, 5) is 24.3. The van der Waals surface area contributed by atoms with Gasteiger partial charge in [-0.15, -0.1) is 0 Å². The van der Waals surface area contributed by atoms with E-state index in [1.54, 1.807) is 6.08 Å². The maximum Gasteiger partial charge on any atom is 0.305 e. The smallest absolute Gasteiger partial charge is 0.305 e. The third-order valence-electron chi connectivity index (χ3n) is 10.1. The molecule has 0 saturated carbocycles. The zero-order valence-electron chi connectivity index (χ0n) is 35.0. The van der Waals surface area contributed by atoms with Crippen molar-refractivity contribution in [3.63, 3.8) is 0 Å². The van der Waals surface area contributed by atoms with Crippen LogP contribution >= 0.6 is 0 Å². The summed E-state index contributed by atoms with van der Waals surface area (Å²) in [5, 5.41) is 22.8. The van der Waals surface area contributed by atoms with Gasteiger partial charge in [-0.05, 0) is 83.5 Å². The average molecular weight is 746 g/mol. The lowest BCUT2D eigenvalue weighted by Gasteiger charge is -2.20. The van der Waals surface area contributed by atoms with E-state index in [-0.39, 0.29) is 18.5 Å². The van der Waals surface area contributed by atoms with Crippen LogP contribution in [0.15, 0.2) is 36.5 Å². The molecule has 0 bridgehead atoms. The average Bonchev–Trinajstić information content (AvgIpc) is 3.16. The summed E-state index contributed by atoms with van der Waals surface area (Å²) >= 11 is 0. The highest BCUT2D eigenvalue weighted by Crippen LogP contribution is 2.13. The van der Waals surface area contributed by atoms with Crippen molar-refractivity contribution >= 4 is 11.9 Å². The molecule has 0 saturated heterocycles. The predicted octanol–water partition coefficient (Wildman–Crippen LogP) is 12.9. The molecular formula is C47H87NO5. The lowest BCUT2D eigenvalue weighted by Crippen LogP contribution is -2.45. The van der Waals surface area contributed by atoms with Crippen LogP contribution < -0.4 is 5.32 Å². The van der Waals surface area contributed by atoms with Gasteiger partial charge in [0.15, 0.2) is 0 Å². The van der Waals surface area contributed by atoms with Gasteiger partial charge in [0.25, 0.3) is 0 Å². The van der Waals surface area contributed by atoms with Crippen LogP contribution in [0.1, 0.15) is 226 Å². The second-order valence-electron chi connectivity index (χ2n) is 15.4. The van der Waals surface area contributed by atoms with Crippen molar-refractivity contribution in [2.45, 2.75) is 238 Å². The second kappa shape index (κ2) is 42.8. The minimum atomic E-state index is -0.852. The molecule has 53 heavy (non-hydrogen) atoms. The Morgan fingerprint density at radius 2 is 0.887 bits per heavy atom. The minimum absolute atomic E-state index is 0.0228. The molecule has 1 amide bonds. The van der Waals surface area contributed by atoms with Crippen molar-refractivity contribution in [3.05, 3.63) is 36.5 Å². The van der Waals surface area contributed by atoms with Crippen molar-refractivity contribution in [2.24, 2.45) is 0 Å². The molecule has 0 rings (SSSR count). The minimum Gasteiger partial charge on any atom is -0.466 e. The van der Waals surface area contributed by atoms with Gasteiger partial charge in [0.1, 0.15) is 0 Å². The zero-order valence-corrected chi connectivity index (χ0v) is 35.0. The van der Waals surface area contributed by atoms with Gasteiger partial charge in [0.05, 0.1) is 25.4 Å². The molecule has 0 radical (unpaired) electrons. The number of ether oxygens (including phenoxy) is 1. The van der Waals surface area contributed by atoms with E-state index in [2.05, 4.69) is 43.5 Å². The Morgan fingerprint density at radius 1 is 0.509 bits per heavy atom. The summed E-state index contributed by atoms with van der Waals surface area (Å²) in [7, 11) is 0. The zero-order chi connectivity index (χ0) is 38.7. The van der Waals surface area contributed by atoms with E-state index in [9.17, 15) is 19.8 Å². The van der Waals surface area contributed by atoms with E-state index in [0.29, 0.717) is 19.4 Å². The summed E-state index contributed by atoms with van der Waals surface area (Å²) in [5.74, 6) is -0.111. The van der Waals surface area contributed by atoms with Gasteiger partial charge in [-0.25, -0.2) is 0 Å². The molecule has 2 atom stereocenters. The lowest BCUT2D eigenvalue weighted by atomic mass is 10.1. The maximum atomic E-state index is 12.3. The quantitative estimate of drug-likeness (QED) is 0.0329. The Hall–Kier alpha value is -1.92. The molecule has 0 aliphatic rings. The molecule has 0 aliphatic carbocycles. The van der Waals surface area contributed by atoms with Gasteiger partial charge in [-0.1, -0.05) is 166 Å². The fourth-order valence-corrected chi connectivity index (χ4v) is 6.56. The number of amides is 1. The predicted molar refractivity (Wildman–Crippen MR) is 227 cm³/mol. The number of aliphatic hydroxyl groups excluding tert-OH is 2. The van der Waals surface area contributed by atoms with Gasteiger partial charge in [-0.3, -0.25) is 9.59 Å². The number of nitrogens with one attached hydrogen (secondary N) is 1. The fourth-order valence-electron chi connectivity index (χ4n) is 6.56. The molecule has 0 spiro atoms. The highest BCUT2D eigenvalue weighted by atomic mass is 16.5. The SMILES string of the molecule is CCCCC/C=C\CCCCCCCC(=O)OCCCCCC/C=C\CCCCCCCCCC(=O)NC(CO)C(O)/C=C/CCCCCCCCC. The first-order chi connectivity index (χ1) is 26.0. The second-order valence-corrected chi connectivity index (χ2v) is 15.4. The monoisotopic (exact) mass is 746 g/mol. The van der Waals surface area contributed by atoms with E-state index in [0.717, 1.165) is 70.6 Å². The molecule has 6 nitrogen and oxygen atoms in total. The lowest BCUT2D eigenvalue weighted by molar-refractivity contribution is -0.143. The molecule has 0 fully saturated rings. The number of rotatable bonds is 41. The first-order valence-electron chi connectivity index (χ1n) is 22.8. The Balaban J connectivity index is 3.51. The molecule has 3 N–H and O–H groups in total. The highest BCUT2D eigenvalue weighted by molar-refractivity contribution is 5.76. The maximum absolute atomic E-state index is 12.3. The molecule has 0 aromatic heterocycles. The molecule has 0 aromatic carbocycles. The fraction of sp³-hybridized carbons (Fsp3) is 0.830. The molecular weight excluding hydrogens is 659 g/mol. The van der Waals surface area contributed by atoms with Crippen molar-refractivity contribution in [3.8, 4) is 0 Å². The number of esters is 1. The number of allylic oxidation sites excluding steroid dienone is 5. The molecule has 2 unspecified atom stereocenters. The molecule has 0 aliphatic heterocycles. The highest BCUT2D eigenvalue weighted by Gasteiger charge is 2.18. The number of carbonyl (C=O) groups is 2. The van der Waals surface area contributed by atoms with Crippen LogP contribution in [0, 0.1) is 0 Å². The molecule has 310 valence electrons. The number of carbonyl (C=O) groups excluding carboxylic acids is 2. The van der Waals surface area contributed by atoms with Crippen LogP contribution in [-0.4, -0.2) is 47.4 Å². The number of aliphatic hydroxyl groups is 2. The molecule has 6 heteroatoms. The standard InChI is InChI=1S/C47H87NO5/c1-3-5-7-9-11-13-14-21-25-29-33-37-41-47(52)53-42-38-34-30-26-22-19-17-15-16-18-20-24-28-32-36-40-46(51)48-44(43-49)45(50)39-35-31-27-23-12-10-8-6-4-2/h11,13,17,19,35,39,44-45,49-50H,3-10,12,14-16,18,20-34,36-38,40-43H2,1-2H3,(H,48,51)/b13-11-,19-17-,39-35+. The van der Waals surface area contributed by atoms with Crippen molar-refractivity contribution < 1.29 is 24.5 Å². The molecule has 0 aromatic rings. The number of unbranched alkanes of at least 4 members (excludes halogenated alkanes) is 26. The van der Waals surface area contributed by atoms with Gasteiger partial charge < -0.3 is 20.3 Å². The summed E-state index contributed by atoms with van der Waals surface area (Å²) < 4.78 is 5.42. The van der Waals surface area contributed by atoms with Gasteiger partial charge in [0, 0.05) is 12.8 Å². The summed E-state index contributed by atoms with van der Waals surface area (Å²) in [5.41, 5.74) is 0. The van der Waals surface area contributed by atoms with Crippen LogP contribution in [0.5, 0.6) is 0 Å². The van der Waals surface area contributed by atoms with E-state index >= 15 is 0 Å². The van der Waals surface area contributed by atoms with E-state index in [4.69, 9.17) is 4.74 Å². The van der Waals surface area contributed by atoms with E-state index in [1.165, 1.54) is 128 Å². The van der Waals surface area contributed by atoms with Crippen LogP contribution in [0.4, 0.5) is 0 Å². The van der Waals surface area contributed by atoms with Crippen LogP contribution in [0.25, 0.3) is 0 Å². The number of hydrogen-bond acceptors (Lipinski definition) is 5. The van der Waals surface area contributed by atoms with Crippen molar-refractivity contribution in [2.75, 3.05) is 13.2 Å². The van der Waals surface area contributed by atoms with E-state index in [1.807, 2.05) is 6.08 Å². The van der Waals surface area contributed by atoms with Gasteiger partial charge in [-0.2, -0.15) is 0 Å². The van der Waals surface area contributed by atoms with Crippen LogP contribution in [0.2, 0.25) is 0 Å². The van der Waals surface area contributed by atoms with E-state index < -0.39 is 12.1 Å².